The Labute approximate surface area is 121 Å². The van der Waals surface area contributed by atoms with E-state index < -0.39 is 5.97 Å². The number of thiophene rings is 1. The smallest absolute Gasteiger partial charge is 0.338 e. The Bertz CT molecular complexity index is 688. The molecule has 0 unspecified atom stereocenters. The first-order chi connectivity index (χ1) is 9.40. The molecule has 0 saturated heterocycles. The van der Waals surface area contributed by atoms with Crippen molar-refractivity contribution in [1.82, 2.24) is 0 Å². The maximum Gasteiger partial charge on any atom is 0.338 e. The third kappa shape index (κ3) is 2.72. The minimum Gasteiger partial charge on any atom is -0.478 e. The van der Waals surface area contributed by atoms with E-state index in [1.54, 1.807) is 25.1 Å². The average molecular weight is 289 g/mol. The number of hydrogen-bond donors (Lipinski definition) is 2. The summed E-state index contributed by atoms with van der Waals surface area (Å²) in [5.74, 6) is -1.32. The lowest BCUT2D eigenvalue weighted by Crippen LogP contribution is -2.13. The van der Waals surface area contributed by atoms with Crippen LogP contribution < -0.4 is 5.32 Å². The van der Waals surface area contributed by atoms with E-state index in [9.17, 15) is 14.7 Å². The largest absolute Gasteiger partial charge is 0.478 e. The lowest BCUT2D eigenvalue weighted by molar-refractivity contribution is 0.0697. The van der Waals surface area contributed by atoms with Gasteiger partial charge in [-0.05, 0) is 38.5 Å². The second kappa shape index (κ2) is 5.46. The van der Waals surface area contributed by atoms with E-state index in [0.717, 1.165) is 10.4 Å². The lowest BCUT2D eigenvalue weighted by atomic mass is 10.1. The van der Waals surface area contributed by atoms with Crippen LogP contribution in [0.15, 0.2) is 24.3 Å². The highest BCUT2D eigenvalue weighted by molar-refractivity contribution is 7.16. The van der Waals surface area contributed by atoms with E-state index in [0.29, 0.717) is 16.1 Å². The van der Waals surface area contributed by atoms with Crippen molar-refractivity contribution in [1.29, 1.82) is 0 Å². The van der Waals surface area contributed by atoms with Crippen LogP contribution in [0.5, 0.6) is 0 Å². The summed E-state index contributed by atoms with van der Waals surface area (Å²) >= 11 is 1.28. The van der Waals surface area contributed by atoms with Crippen molar-refractivity contribution >= 4 is 28.2 Å². The Hall–Kier alpha value is -2.14. The molecule has 0 bridgehead atoms. The fraction of sp³-hybridized carbons (Fsp3) is 0.200. The molecule has 2 N–H and O–H groups in total. The van der Waals surface area contributed by atoms with Crippen LogP contribution in [-0.2, 0) is 0 Å². The third-order valence-corrected chi connectivity index (χ3v) is 4.23. The Morgan fingerprint density at radius 2 is 1.90 bits per heavy atom. The van der Waals surface area contributed by atoms with E-state index in [4.69, 9.17) is 0 Å². The minimum atomic E-state index is -1.02. The van der Waals surface area contributed by atoms with E-state index in [1.807, 2.05) is 19.9 Å². The normalized spacial score (nSPS) is 10.3. The SMILES string of the molecule is Cc1cccc(C(=O)Nc2sc(C)c(C)c2C(=O)O)c1. The standard InChI is InChI=1S/C15H15NO3S/c1-8-5-4-6-11(7-8)13(17)16-14-12(15(18)19)9(2)10(3)20-14/h4-7H,1-3H3,(H,16,17)(H,18,19). The lowest BCUT2D eigenvalue weighted by Gasteiger charge is -2.05. The molecule has 0 aliphatic rings. The first-order valence-corrected chi connectivity index (χ1v) is 6.93. The highest BCUT2D eigenvalue weighted by Crippen LogP contribution is 2.32. The van der Waals surface area contributed by atoms with Gasteiger partial charge in [0.15, 0.2) is 0 Å². The summed E-state index contributed by atoms with van der Waals surface area (Å²) in [7, 11) is 0. The van der Waals surface area contributed by atoms with Crippen molar-refractivity contribution in [2.45, 2.75) is 20.8 Å². The summed E-state index contributed by atoms with van der Waals surface area (Å²) in [5, 5.41) is 12.3. The molecule has 20 heavy (non-hydrogen) atoms. The summed E-state index contributed by atoms with van der Waals surface area (Å²) in [6.07, 6.45) is 0. The van der Waals surface area contributed by atoms with Gasteiger partial charge in [-0.15, -0.1) is 11.3 Å². The summed E-state index contributed by atoms with van der Waals surface area (Å²) < 4.78 is 0. The van der Waals surface area contributed by atoms with Crippen LogP contribution in [0.4, 0.5) is 5.00 Å². The fourth-order valence-electron chi connectivity index (χ4n) is 1.93. The van der Waals surface area contributed by atoms with Crippen LogP contribution in [0.2, 0.25) is 0 Å². The Balaban J connectivity index is 2.33. The molecule has 0 aliphatic heterocycles. The molecule has 104 valence electrons. The number of carbonyl (C=O) groups is 2. The van der Waals surface area contributed by atoms with Gasteiger partial charge in [0.2, 0.25) is 0 Å². The molecule has 0 spiro atoms. The Kier molecular flexibility index (Phi) is 3.90. The number of carboxylic acids is 1. The second-order valence-electron chi connectivity index (χ2n) is 4.62. The Morgan fingerprint density at radius 1 is 1.20 bits per heavy atom. The molecule has 1 aromatic heterocycles. The number of anilines is 1. The van der Waals surface area contributed by atoms with Gasteiger partial charge in [-0.3, -0.25) is 4.79 Å². The van der Waals surface area contributed by atoms with E-state index in [-0.39, 0.29) is 11.5 Å². The van der Waals surface area contributed by atoms with Crippen molar-refractivity contribution in [3.63, 3.8) is 0 Å². The summed E-state index contributed by atoms with van der Waals surface area (Å²) in [6, 6.07) is 7.17. The molecule has 1 heterocycles. The van der Waals surface area contributed by atoms with Crippen molar-refractivity contribution in [3.8, 4) is 0 Å². The van der Waals surface area contributed by atoms with Gasteiger partial charge in [0.05, 0.1) is 5.56 Å². The highest BCUT2D eigenvalue weighted by Gasteiger charge is 2.20. The number of carbonyl (C=O) groups excluding carboxylic acids is 1. The number of hydrogen-bond acceptors (Lipinski definition) is 3. The zero-order valence-electron chi connectivity index (χ0n) is 11.5. The third-order valence-electron chi connectivity index (χ3n) is 3.11. The molecule has 1 aromatic carbocycles. The molecule has 2 rings (SSSR count). The van der Waals surface area contributed by atoms with Gasteiger partial charge in [-0.2, -0.15) is 0 Å². The van der Waals surface area contributed by atoms with E-state index in [2.05, 4.69) is 5.32 Å². The predicted octanol–water partition coefficient (Wildman–Crippen LogP) is 3.62. The first kappa shape index (κ1) is 14.3. The molecule has 5 heteroatoms. The summed E-state index contributed by atoms with van der Waals surface area (Å²) in [6.45, 7) is 5.49. The van der Waals surface area contributed by atoms with E-state index >= 15 is 0 Å². The van der Waals surface area contributed by atoms with Gasteiger partial charge in [-0.1, -0.05) is 17.7 Å². The summed E-state index contributed by atoms with van der Waals surface area (Å²) in [5.41, 5.74) is 2.37. The monoisotopic (exact) mass is 289 g/mol. The quantitative estimate of drug-likeness (QED) is 0.906. The maximum absolute atomic E-state index is 12.2. The Morgan fingerprint density at radius 3 is 2.50 bits per heavy atom. The molecule has 0 saturated carbocycles. The molecule has 2 aromatic rings. The van der Waals surface area contributed by atoms with Gasteiger partial charge in [0.25, 0.3) is 5.91 Å². The first-order valence-electron chi connectivity index (χ1n) is 6.11. The van der Waals surface area contributed by atoms with Gasteiger partial charge < -0.3 is 10.4 Å². The number of amides is 1. The number of benzene rings is 1. The molecular weight excluding hydrogens is 274 g/mol. The minimum absolute atomic E-state index is 0.175. The fourth-order valence-corrected chi connectivity index (χ4v) is 2.98. The van der Waals surface area contributed by atoms with Crippen LogP contribution >= 0.6 is 11.3 Å². The zero-order chi connectivity index (χ0) is 14.9. The molecule has 0 radical (unpaired) electrons. The number of nitrogens with one attached hydrogen (secondary N) is 1. The molecule has 0 aliphatic carbocycles. The van der Waals surface area contributed by atoms with Crippen LogP contribution in [-0.4, -0.2) is 17.0 Å². The molecule has 4 nitrogen and oxygen atoms in total. The molecular formula is C15H15NO3S. The van der Waals surface area contributed by atoms with Gasteiger partial charge in [0, 0.05) is 10.4 Å². The maximum atomic E-state index is 12.2. The van der Waals surface area contributed by atoms with Crippen molar-refractivity contribution in [2.24, 2.45) is 0 Å². The molecule has 0 atom stereocenters. The number of aromatic carboxylic acids is 1. The van der Waals surface area contributed by atoms with Crippen LogP contribution in [0.3, 0.4) is 0 Å². The second-order valence-corrected chi connectivity index (χ2v) is 5.84. The number of carboxylic acid groups (broad SMARTS) is 1. The average Bonchev–Trinajstić information content (AvgIpc) is 2.64. The van der Waals surface area contributed by atoms with Gasteiger partial charge in [-0.25, -0.2) is 4.79 Å². The molecule has 1 amide bonds. The number of rotatable bonds is 3. The zero-order valence-corrected chi connectivity index (χ0v) is 12.3. The predicted molar refractivity (Wildman–Crippen MR) is 79.9 cm³/mol. The van der Waals surface area contributed by atoms with Crippen molar-refractivity contribution in [2.75, 3.05) is 5.32 Å². The summed E-state index contributed by atoms with van der Waals surface area (Å²) in [4.78, 5) is 24.3. The van der Waals surface area contributed by atoms with Gasteiger partial charge in [0.1, 0.15) is 5.00 Å². The molecule has 0 fully saturated rings. The topological polar surface area (TPSA) is 66.4 Å². The van der Waals surface area contributed by atoms with Crippen molar-refractivity contribution < 1.29 is 14.7 Å². The van der Waals surface area contributed by atoms with E-state index in [1.165, 1.54) is 11.3 Å². The highest BCUT2D eigenvalue weighted by atomic mass is 32.1. The van der Waals surface area contributed by atoms with Crippen LogP contribution in [0.1, 0.15) is 36.7 Å². The van der Waals surface area contributed by atoms with Crippen LogP contribution in [0, 0.1) is 20.8 Å². The van der Waals surface area contributed by atoms with Crippen molar-refractivity contribution in [3.05, 3.63) is 51.4 Å². The number of aryl methyl sites for hydroxylation is 2. The van der Waals surface area contributed by atoms with Gasteiger partial charge >= 0.3 is 5.97 Å². The van der Waals surface area contributed by atoms with Crippen LogP contribution in [0.25, 0.3) is 0 Å².